The van der Waals surface area contributed by atoms with Crippen molar-refractivity contribution in [3.8, 4) is 0 Å². The molecule has 1 unspecified atom stereocenters. The van der Waals surface area contributed by atoms with Crippen molar-refractivity contribution in [2.24, 2.45) is 4.99 Å². The van der Waals surface area contributed by atoms with Crippen LogP contribution < -0.4 is 15.5 Å². The van der Waals surface area contributed by atoms with Crippen LogP contribution in [0.4, 0.5) is 5.69 Å². The molecule has 1 atom stereocenters. The molecule has 2 N–H and O–H groups in total. The molecule has 1 aliphatic rings. The molecule has 0 radical (unpaired) electrons. The van der Waals surface area contributed by atoms with E-state index in [-0.39, 0.29) is 0 Å². The highest BCUT2D eigenvalue weighted by molar-refractivity contribution is 6.33. The van der Waals surface area contributed by atoms with E-state index >= 15 is 0 Å². The molecule has 7 nitrogen and oxygen atoms in total. The van der Waals surface area contributed by atoms with Crippen molar-refractivity contribution in [2.75, 3.05) is 25.0 Å². The summed E-state index contributed by atoms with van der Waals surface area (Å²) in [5.74, 6) is 1.90. The molecule has 0 saturated carbocycles. The predicted octanol–water partition coefficient (Wildman–Crippen LogP) is 2.37. The normalized spacial score (nSPS) is 18.3. The molecule has 1 aliphatic heterocycles. The molecule has 0 bridgehead atoms. The minimum absolute atomic E-state index is 0.295. The Morgan fingerprint density at radius 3 is 3.00 bits per heavy atom. The fourth-order valence-electron chi connectivity index (χ4n) is 2.99. The molecule has 0 spiro atoms. The second-order valence-electron chi connectivity index (χ2n) is 6.04. The molecule has 8 heteroatoms. The van der Waals surface area contributed by atoms with E-state index in [1.165, 1.54) is 0 Å². The Hall–Kier alpha value is -2.28. The molecule has 1 aromatic heterocycles. The van der Waals surface area contributed by atoms with Gasteiger partial charge in [0.15, 0.2) is 11.8 Å². The van der Waals surface area contributed by atoms with E-state index in [0.717, 1.165) is 42.6 Å². The monoisotopic (exact) mass is 362 g/mol. The van der Waals surface area contributed by atoms with Crippen molar-refractivity contribution in [2.45, 2.75) is 32.4 Å². The van der Waals surface area contributed by atoms with Crippen molar-refractivity contribution in [3.05, 3.63) is 41.0 Å². The van der Waals surface area contributed by atoms with E-state index < -0.39 is 0 Å². The first-order chi connectivity index (χ1) is 12.2. The first-order valence-corrected chi connectivity index (χ1v) is 8.79. The molecule has 2 heterocycles. The zero-order valence-electron chi connectivity index (χ0n) is 14.5. The van der Waals surface area contributed by atoms with E-state index in [4.69, 9.17) is 16.1 Å². The Morgan fingerprint density at radius 1 is 1.44 bits per heavy atom. The van der Waals surface area contributed by atoms with Crippen LogP contribution in [0, 0.1) is 6.92 Å². The quantitative estimate of drug-likeness (QED) is 0.642. The number of piperidine rings is 1. The molecule has 1 aromatic carbocycles. The fraction of sp³-hybridized carbons (Fsp3) is 0.471. The first-order valence-electron chi connectivity index (χ1n) is 8.41. The van der Waals surface area contributed by atoms with Gasteiger partial charge in [0.05, 0.1) is 17.3 Å². The Labute approximate surface area is 152 Å². The van der Waals surface area contributed by atoms with Crippen molar-refractivity contribution in [1.82, 2.24) is 20.8 Å². The molecule has 1 fully saturated rings. The summed E-state index contributed by atoms with van der Waals surface area (Å²) in [5, 5.41) is 11.4. The Kier molecular flexibility index (Phi) is 5.75. The third-order valence-corrected chi connectivity index (χ3v) is 4.48. The predicted molar refractivity (Wildman–Crippen MR) is 99.1 cm³/mol. The molecule has 2 aromatic rings. The van der Waals surface area contributed by atoms with Crippen LogP contribution in [0.15, 0.2) is 33.8 Å². The van der Waals surface area contributed by atoms with Crippen LogP contribution in [0.25, 0.3) is 0 Å². The van der Waals surface area contributed by atoms with Crippen LogP contribution in [-0.4, -0.2) is 42.3 Å². The van der Waals surface area contributed by atoms with Gasteiger partial charge in [-0.15, -0.1) is 0 Å². The van der Waals surface area contributed by atoms with E-state index in [2.05, 4.69) is 36.7 Å². The zero-order chi connectivity index (χ0) is 17.6. The van der Waals surface area contributed by atoms with Crippen LogP contribution in [0.2, 0.25) is 5.02 Å². The second kappa shape index (κ2) is 8.20. The highest BCUT2D eigenvalue weighted by atomic mass is 35.5. The lowest BCUT2D eigenvalue weighted by molar-refractivity contribution is 0.386. The smallest absolute Gasteiger partial charge is 0.223 e. The lowest BCUT2D eigenvalue weighted by Crippen LogP contribution is -2.51. The number of nitrogens with one attached hydrogen (secondary N) is 2. The van der Waals surface area contributed by atoms with Gasteiger partial charge in [0.25, 0.3) is 0 Å². The molecule has 0 amide bonds. The molecular formula is C17H23ClN6O. The van der Waals surface area contributed by atoms with Gasteiger partial charge in [-0.3, -0.25) is 4.99 Å². The number of para-hydroxylation sites is 1. The summed E-state index contributed by atoms with van der Waals surface area (Å²) in [6.07, 6.45) is 2.19. The minimum Gasteiger partial charge on any atom is -0.368 e. The van der Waals surface area contributed by atoms with E-state index in [9.17, 15) is 0 Å². The van der Waals surface area contributed by atoms with Crippen molar-refractivity contribution in [1.29, 1.82) is 0 Å². The van der Waals surface area contributed by atoms with Gasteiger partial charge in [-0.25, -0.2) is 0 Å². The number of anilines is 1. The summed E-state index contributed by atoms with van der Waals surface area (Å²) in [6.45, 7) is 4.13. The number of hydrogen-bond donors (Lipinski definition) is 2. The molecular weight excluding hydrogens is 340 g/mol. The highest BCUT2D eigenvalue weighted by Crippen LogP contribution is 2.27. The Morgan fingerprint density at radius 2 is 2.28 bits per heavy atom. The highest BCUT2D eigenvalue weighted by Gasteiger charge is 2.22. The molecule has 3 rings (SSSR count). The third-order valence-electron chi connectivity index (χ3n) is 4.16. The number of halogens is 1. The van der Waals surface area contributed by atoms with Gasteiger partial charge < -0.3 is 20.1 Å². The van der Waals surface area contributed by atoms with E-state index in [1.807, 2.05) is 18.2 Å². The number of aliphatic imine (C=N–C) groups is 1. The maximum Gasteiger partial charge on any atom is 0.223 e. The number of aromatic nitrogens is 2. The summed E-state index contributed by atoms with van der Waals surface area (Å²) >= 11 is 6.34. The van der Waals surface area contributed by atoms with Gasteiger partial charge in [-0.05, 0) is 25.0 Å². The number of nitrogens with zero attached hydrogens (tertiary/aromatic N) is 4. The maximum atomic E-state index is 6.34. The molecule has 0 aliphatic carbocycles. The lowest BCUT2D eigenvalue weighted by Gasteiger charge is -2.35. The number of rotatable bonds is 4. The summed E-state index contributed by atoms with van der Waals surface area (Å²) in [5.41, 5.74) is 1.08. The van der Waals surface area contributed by atoms with Crippen molar-refractivity contribution < 1.29 is 4.52 Å². The average molecular weight is 363 g/mol. The van der Waals surface area contributed by atoms with Gasteiger partial charge in [-0.2, -0.15) is 4.98 Å². The van der Waals surface area contributed by atoms with Gasteiger partial charge in [0.1, 0.15) is 0 Å². The van der Waals surface area contributed by atoms with Crippen LogP contribution >= 0.6 is 11.6 Å². The van der Waals surface area contributed by atoms with Crippen molar-refractivity contribution >= 4 is 23.2 Å². The second-order valence-corrected chi connectivity index (χ2v) is 6.44. The average Bonchev–Trinajstić information content (AvgIpc) is 3.04. The largest absolute Gasteiger partial charge is 0.368 e. The van der Waals surface area contributed by atoms with Gasteiger partial charge in [0, 0.05) is 33.1 Å². The minimum atomic E-state index is 0.295. The van der Waals surface area contributed by atoms with E-state index in [1.54, 1.807) is 14.0 Å². The number of hydrogen-bond acceptors (Lipinski definition) is 5. The zero-order valence-corrected chi connectivity index (χ0v) is 15.3. The Balaban J connectivity index is 1.56. The first kappa shape index (κ1) is 17.5. The molecule has 25 heavy (non-hydrogen) atoms. The summed E-state index contributed by atoms with van der Waals surface area (Å²) in [6, 6.07) is 8.27. The van der Waals surface area contributed by atoms with Gasteiger partial charge >= 0.3 is 0 Å². The van der Waals surface area contributed by atoms with Crippen LogP contribution in [0.5, 0.6) is 0 Å². The standard InChI is InChI=1S/C17H23ClN6O/c1-12-21-16(23-25-12)10-20-17(19-2)22-13-6-5-9-24(11-13)15-8-4-3-7-14(15)18/h3-4,7-8,13H,5-6,9-11H2,1-2H3,(H2,19,20,22). The summed E-state index contributed by atoms with van der Waals surface area (Å²) < 4.78 is 4.97. The third kappa shape index (κ3) is 4.63. The number of aryl methyl sites for hydroxylation is 1. The topological polar surface area (TPSA) is 78.6 Å². The molecule has 1 saturated heterocycles. The van der Waals surface area contributed by atoms with Crippen molar-refractivity contribution in [3.63, 3.8) is 0 Å². The summed E-state index contributed by atoms with van der Waals surface area (Å²) in [7, 11) is 1.76. The van der Waals surface area contributed by atoms with E-state index in [0.29, 0.717) is 24.3 Å². The number of benzene rings is 1. The molecule has 134 valence electrons. The van der Waals surface area contributed by atoms with Crippen LogP contribution in [-0.2, 0) is 6.54 Å². The SMILES string of the molecule is CN=C(NCc1noc(C)n1)NC1CCCN(c2ccccc2Cl)C1. The number of guanidine groups is 1. The van der Waals surface area contributed by atoms with Gasteiger partial charge in [0.2, 0.25) is 5.89 Å². The van der Waals surface area contributed by atoms with Gasteiger partial charge in [-0.1, -0.05) is 28.9 Å². The Bertz CT molecular complexity index is 731. The maximum absolute atomic E-state index is 6.34. The fourth-order valence-corrected chi connectivity index (χ4v) is 3.24. The lowest BCUT2D eigenvalue weighted by atomic mass is 10.0. The van der Waals surface area contributed by atoms with Crippen LogP contribution in [0.1, 0.15) is 24.6 Å². The summed E-state index contributed by atoms with van der Waals surface area (Å²) in [4.78, 5) is 10.8. The van der Waals surface area contributed by atoms with Crippen LogP contribution in [0.3, 0.4) is 0 Å².